The first-order valence-corrected chi connectivity index (χ1v) is 13.9. The summed E-state index contributed by atoms with van der Waals surface area (Å²) in [5, 5.41) is 2.22. The number of ether oxygens (including phenoxy) is 1. The highest BCUT2D eigenvalue weighted by Crippen LogP contribution is 2.33. The second-order valence-corrected chi connectivity index (χ2v) is 10.8. The molecule has 0 spiro atoms. The van der Waals surface area contributed by atoms with Gasteiger partial charge in [-0.1, -0.05) is 31.7 Å². The van der Waals surface area contributed by atoms with Crippen molar-refractivity contribution < 1.29 is 23.9 Å². The van der Waals surface area contributed by atoms with Crippen LogP contribution in [-0.4, -0.2) is 90.2 Å². The van der Waals surface area contributed by atoms with Gasteiger partial charge in [-0.3, -0.25) is 29.4 Å². The number of benzene rings is 1. The normalized spacial score (nSPS) is 23.6. The molecule has 9 heteroatoms. The van der Waals surface area contributed by atoms with Gasteiger partial charge < -0.3 is 14.5 Å². The first-order chi connectivity index (χ1) is 18.0. The second-order valence-electron chi connectivity index (χ2n) is 10.8. The van der Waals surface area contributed by atoms with Crippen molar-refractivity contribution in [3.8, 4) is 5.75 Å². The number of hydrogen-bond donors (Lipinski definition) is 1. The van der Waals surface area contributed by atoms with Crippen LogP contribution in [0, 0.1) is 5.92 Å². The fraction of sp³-hybridized carbons (Fsp3) is 0.643. The molecule has 1 aromatic carbocycles. The van der Waals surface area contributed by atoms with E-state index in [0.29, 0.717) is 12.4 Å². The maximum atomic E-state index is 13.2. The molecule has 0 aromatic heterocycles. The second kappa shape index (κ2) is 11.7. The lowest BCUT2D eigenvalue weighted by atomic mass is 10.0. The third-order valence-electron chi connectivity index (χ3n) is 8.33. The molecule has 1 aliphatic carbocycles. The van der Waals surface area contributed by atoms with Crippen molar-refractivity contribution in [1.29, 1.82) is 0 Å². The Morgan fingerprint density at radius 3 is 2.27 bits per heavy atom. The average Bonchev–Trinajstić information content (AvgIpc) is 3.50. The molecule has 1 atom stereocenters. The molecule has 3 aliphatic heterocycles. The van der Waals surface area contributed by atoms with Gasteiger partial charge in [0.05, 0.1) is 17.7 Å². The number of carbonyl (C=O) groups is 4. The number of carbonyl (C=O) groups excluding carboxylic acids is 4. The van der Waals surface area contributed by atoms with Crippen LogP contribution in [0.5, 0.6) is 5.75 Å². The molecule has 1 N–H and O–H groups in total. The lowest BCUT2D eigenvalue weighted by Gasteiger charge is -2.34. The summed E-state index contributed by atoms with van der Waals surface area (Å²) >= 11 is 0. The van der Waals surface area contributed by atoms with E-state index in [9.17, 15) is 19.2 Å². The van der Waals surface area contributed by atoms with Crippen molar-refractivity contribution in [3.05, 3.63) is 29.3 Å². The molecule has 1 saturated carbocycles. The number of fused-ring (bicyclic) bond motifs is 1. The predicted octanol–water partition coefficient (Wildman–Crippen LogP) is 2.44. The van der Waals surface area contributed by atoms with Crippen LogP contribution >= 0.6 is 0 Å². The summed E-state index contributed by atoms with van der Waals surface area (Å²) < 4.78 is 5.97. The van der Waals surface area contributed by atoms with Gasteiger partial charge >= 0.3 is 0 Å². The van der Waals surface area contributed by atoms with E-state index < -0.39 is 23.8 Å². The lowest BCUT2D eigenvalue weighted by molar-refractivity contribution is -0.136. The molecular formula is C28H38N4O5. The zero-order valence-electron chi connectivity index (χ0n) is 21.6. The number of amides is 4. The molecule has 3 fully saturated rings. The fourth-order valence-corrected chi connectivity index (χ4v) is 6.21. The molecule has 4 amide bonds. The van der Waals surface area contributed by atoms with Gasteiger partial charge in [0, 0.05) is 39.1 Å². The highest BCUT2D eigenvalue weighted by molar-refractivity contribution is 6.24. The Balaban J connectivity index is 1.06. The van der Waals surface area contributed by atoms with E-state index in [1.807, 2.05) is 0 Å². The summed E-state index contributed by atoms with van der Waals surface area (Å²) in [6.07, 6.45) is 9.49. The highest BCUT2D eigenvalue weighted by atomic mass is 16.5. The SMILES string of the molecule is O=C1CCC(N2C(=O)c3cccc(OCCCN4CCN(CCCC5CCCC5)CC4)c3C2=O)C(=O)N1. The average molecular weight is 511 g/mol. The van der Waals surface area contributed by atoms with Crippen LogP contribution < -0.4 is 10.1 Å². The number of imide groups is 2. The van der Waals surface area contributed by atoms with E-state index in [4.69, 9.17) is 4.74 Å². The van der Waals surface area contributed by atoms with E-state index >= 15 is 0 Å². The Hall–Kier alpha value is -2.78. The maximum absolute atomic E-state index is 13.2. The van der Waals surface area contributed by atoms with Crippen molar-refractivity contribution in [2.45, 2.75) is 63.8 Å². The summed E-state index contributed by atoms with van der Waals surface area (Å²) in [5.74, 6) is -0.696. The number of piperazine rings is 1. The van der Waals surface area contributed by atoms with E-state index in [1.165, 1.54) is 45.1 Å². The summed E-state index contributed by atoms with van der Waals surface area (Å²) in [7, 11) is 0. The van der Waals surface area contributed by atoms with Gasteiger partial charge in [0.25, 0.3) is 11.8 Å². The van der Waals surface area contributed by atoms with Crippen molar-refractivity contribution in [1.82, 2.24) is 20.0 Å². The van der Waals surface area contributed by atoms with Crippen molar-refractivity contribution >= 4 is 23.6 Å². The van der Waals surface area contributed by atoms with Crippen LogP contribution in [0.2, 0.25) is 0 Å². The van der Waals surface area contributed by atoms with Crippen molar-refractivity contribution in [2.75, 3.05) is 45.9 Å². The molecule has 1 unspecified atom stereocenters. The minimum absolute atomic E-state index is 0.0991. The largest absolute Gasteiger partial charge is 0.493 e. The molecule has 0 radical (unpaired) electrons. The third-order valence-corrected chi connectivity index (χ3v) is 8.33. The lowest BCUT2D eigenvalue weighted by Crippen LogP contribution is -2.54. The number of rotatable bonds is 10. The summed E-state index contributed by atoms with van der Waals surface area (Å²) in [4.78, 5) is 55.9. The molecule has 5 rings (SSSR count). The van der Waals surface area contributed by atoms with Gasteiger partial charge in [-0.15, -0.1) is 0 Å². The van der Waals surface area contributed by atoms with Gasteiger partial charge in [0.2, 0.25) is 11.8 Å². The van der Waals surface area contributed by atoms with Gasteiger partial charge in [0.1, 0.15) is 11.8 Å². The number of piperidine rings is 1. The van der Waals surface area contributed by atoms with Crippen LogP contribution in [0.1, 0.15) is 78.5 Å². The molecular weight excluding hydrogens is 472 g/mol. The van der Waals surface area contributed by atoms with E-state index in [0.717, 1.165) is 50.0 Å². The molecule has 37 heavy (non-hydrogen) atoms. The quantitative estimate of drug-likeness (QED) is 0.381. The van der Waals surface area contributed by atoms with E-state index in [2.05, 4.69) is 15.1 Å². The first kappa shape index (κ1) is 25.9. The summed E-state index contributed by atoms with van der Waals surface area (Å²) in [6.45, 7) is 6.96. The van der Waals surface area contributed by atoms with Crippen LogP contribution in [0.4, 0.5) is 0 Å². The van der Waals surface area contributed by atoms with Gasteiger partial charge in [-0.05, 0) is 50.3 Å². The minimum atomic E-state index is -0.973. The van der Waals surface area contributed by atoms with E-state index in [-0.39, 0.29) is 29.9 Å². The predicted molar refractivity (Wildman–Crippen MR) is 137 cm³/mol. The Kier molecular flexibility index (Phi) is 8.20. The monoisotopic (exact) mass is 510 g/mol. The topological polar surface area (TPSA) is 99.3 Å². The summed E-state index contributed by atoms with van der Waals surface area (Å²) in [6, 6.07) is 4.00. The van der Waals surface area contributed by atoms with Gasteiger partial charge in [0.15, 0.2) is 0 Å². The Morgan fingerprint density at radius 1 is 0.865 bits per heavy atom. The summed E-state index contributed by atoms with van der Waals surface area (Å²) in [5.41, 5.74) is 0.458. The molecule has 4 aliphatic rings. The molecule has 1 aromatic rings. The van der Waals surface area contributed by atoms with Crippen LogP contribution in [0.15, 0.2) is 18.2 Å². The molecule has 0 bridgehead atoms. The van der Waals surface area contributed by atoms with Crippen molar-refractivity contribution in [2.24, 2.45) is 5.92 Å². The van der Waals surface area contributed by atoms with Gasteiger partial charge in [-0.2, -0.15) is 0 Å². The number of hydrogen-bond acceptors (Lipinski definition) is 7. The standard InChI is InChI=1S/C28H38N4O5/c33-24-12-11-22(26(34)29-24)32-27(35)21-9-3-10-23(25(21)28(32)36)37-19-5-14-31-17-15-30(16-18-31)13-4-8-20-6-1-2-7-20/h3,9-10,20,22H,1-2,4-8,11-19H2,(H,29,33,34). The zero-order chi connectivity index (χ0) is 25.8. The minimum Gasteiger partial charge on any atom is -0.493 e. The Bertz CT molecular complexity index is 1030. The molecule has 9 nitrogen and oxygen atoms in total. The number of nitrogens with zero attached hydrogens (tertiary/aromatic N) is 3. The Labute approximate surface area is 218 Å². The smallest absolute Gasteiger partial charge is 0.266 e. The van der Waals surface area contributed by atoms with Crippen LogP contribution in [-0.2, 0) is 9.59 Å². The number of nitrogens with one attached hydrogen (secondary N) is 1. The van der Waals surface area contributed by atoms with Crippen LogP contribution in [0.25, 0.3) is 0 Å². The van der Waals surface area contributed by atoms with Crippen LogP contribution in [0.3, 0.4) is 0 Å². The van der Waals surface area contributed by atoms with E-state index in [1.54, 1.807) is 18.2 Å². The fourth-order valence-electron chi connectivity index (χ4n) is 6.21. The first-order valence-electron chi connectivity index (χ1n) is 13.9. The zero-order valence-corrected chi connectivity index (χ0v) is 21.6. The third kappa shape index (κ3) is 5.88. The Morgan fingerprint density at radius 2 is 1.57 bits per heavy atom. The maximum Gasteiger partial charge on any atom is 0.266 e. The molecule has 200 valence electrons. The van der Waals surface area contributed by atoms with Crippen molar-refractivity contribution in [3.63, 3.8) is 0 Å². The molecule has 2 saturated heterocycles. The molecule has 3 heterocycles. The highest BCUT2D eigenvalue weighted by Gasteiger charge is 2.46. The van der Waals surface area contributed by atoms with Gasteiger partial charge in [-0.25, -0.2) is 0 Å².